The summed E-state index contributed by atoms with van der Waals surface area (Å²) in [5.41, 5.74) is 1.91. The van der Waals surface area contributed by atoms with Crippen LogP contribution in [0.25, 0.3) is 0 Å². The Bertz CT molecular complexity index is 649. The van der Waals surface area contributed by atoms with E-state index in [0.717, 1.165) is 24.2 Å². The molecule has 0 atom stereocenters. The van der Waals surface area contributed by atoms with Gasteiger partial charge >= 0.3 is 6.18 Å². The van der Waals surface area contributed by atoms with Crippen molar-refractivity contribution in [3.63, 3.8) is 0 Å². The second kappa shape index (κ2) is 9.27. The quantitative estimate of drug-likeness (QED) is 0.697. The van der Waals surface area contributed by atoms with E-state index in [-0.39, 0.29) is 5.75 Å². The molecule has 1 heterocycles. The van der Waals surface area contributed by atoms with Crippen LogP contribution in [0, 0.1) is 0 Å². The van der Waals surface area contributed by atoms with Crippen LogP contribution < -0.4 is 14.8 Å². The monoisotopic (exact) mass is 354 g/mol. The van der Waals surface area contributed by atoms with Crippen molar-refractivity contribution in [1.82, 2.24) is 10.3 Å². The summed E-state index contributed by atoms with van der Waals surface area (Å²) < 4.78 is 47.1. The van der Waals surface area contributed by atoms with E-state index in [4.69, 9.17) is 9.47 Å². The Morgan fingerprint density at radius 3 is 2.60 bits per heavy atom. The van der Waals surface area contributed by atoms with Crippen LogP contribution in [0.15, 0.2) is 42.6 Å². The number of ether oxygens (including phenoxy) is 2. The minimum Gasteiger partial charge on any atom is -0.490 e. The van der Waals surface area contributed by atoms with Crippen LogP contribution in [0.4, 0.5) is 13.2 Å². The first-order chi connectivity index (χ1) is 12.0. The Hall–Kier alpha value is -2.28. The molecule has 7 heteroatoms. The van der Waals surface area contributed by atoms with Gasteiger partial charge in [0, 0.05) is 31.4 Å². The fourth-order valence-electron chi connectivity index (χ4n) is 2.20. The molecule has 0 aliphatic heterocycles. The van der Waals surface area contributed by atoms with Crippen LogP contribution in [0.5, 0.6) is 11.5 Å². The van der Waals surface area contributed by atoms with Gasteiger partial charge < -0.3 is 14.8 Å². The third kappa shape index (κ3) is 7.01. The third-order valence-corrected chi connectivity index (χ3v) is 3.31. The molecule has 25 heavy (non-hydrogen) atoms. The fourth-order valence-corrected chi connectivity index (χ4v) is 2.20. The van der Waals surface area contributed by atoms with E-state index in [9.17, 15) is 13.2 Å². The second-order valence-electron chi connectivity index (χ2n) is 5.37. The summed E-state index contributed by atoms with van der Waals surface area (Å²) in [5, 5.41) is 3.28. The molecule has 0 spiro atoms. The van der Waals surface area contributed by atoms with Gasteiger partial charge in [0.1, 0.15) is 0 Å². The molecule has 0 bridgehead atoms. The van der Waals surface area contributed by atoms with E-state index in [1.54, 1.807) is 25.3 Å². The number of nitrogens with one attached hydrogen (secondary N) is 1. The number of aromatic nitrogens is 1. The van der Waals surface area contributed by atoms with E-state index in [2.05, 4.69) is 10.3 Å². The largest absolute Gasteiger partial charge is 0.490 e. The highest BCUT2D eigenvalue weighted by Crippen LogP contribution is 2.30. The molecular weight excluding hydrogens is 333 g/mol. The molecule has 0 radical (unpaired) electrons. The lowest BCUT2D eigenvalue weighted by Gasteiger charge is -2.15. The number of benzene rings is 1. The molecule has 4 nitrogen and oxygen atoms in total. The number of alkyl halides is 3. The standard InChI is InChI=1S/C18H21F3N2O2/c1-2-24-17-11-14(6-7-16(17)25-13-18(19,20)21)12-22-10-8-15-5-3-4-9-23-15/h3-7,9,11,22H,2,8,10,12-13H2,1H3. The molecule has 136 valence electrons. The molecule has 2 aromatic rings. The minimum absolute atomic E-state index is 0.0939. The first kappa shape index (κ1) is 19.1. The van der Waals surface area contributed by atoms with E-state index in [1.165, 1.54) is 6.07 Å². The predicted molar refractivity (Wildman–Crippen MR) is 88.8 cm³/mol. The molecule has 0 aliphatic rings. The van der Waals surface area contributed by atoms with Crippen molar-refractivity contribution in [2.45, 2.75) is 26.1 Å². The van der Waals surface area contributed by atoms with Crippen LogP contribution >= 0.6 is 0 Å². The zero-order valence-corrected chi connectivity index (χ0v) is 14.0. The molecule has 0 saturated heterocycles. The van der Waals surface area contributed by atoms with Crippen molar-refractivity contribution >= 4 is 0 Å². The first-order valence-corrected chi connectivity index (χ1v) is 8.04. The Balaban J connectivity index is 1.89. The molecular formula is C18H21F3N2O2. The lowest BCUT2D eigenvalue weighted by atomic mass is 10.2. The van der Waals surface area contributed by atoms with Crippen molar-refractivity contribution in [3.8, 4) is 11.5 Å². The van der Waals surface area contributed by atoms with Gasteiger partial charge in [-0.15, -0.1) is 0 Å². The highest BCUT2D eigenvalue weighted by atomic mass is 19.4. The highest BCUT2D eigenvalue weighted by molar-refractivity contribution is 5.43. The van der Waals surface area contributed by atoms with Gasteiger partial charge in [-0.05, 0) is 36.8 Å². The summed E-state index contributed by atoms with van der Waals surface area (Å²) in [4.78, 5) is 4.25. The van der Waals surface area contributed by atoms with Crippen molar-refractivity contribution < 1.29 is 22.6 Å². The number of hydrogen-bond acceptors (Lipinski definition) is 4. The highest BCUT2D eigenvalue weighted by Gasteiger charge is 2.29. The zero-order chi connectivity index (χ0) is 18.1. The first-order valence-electron chi connectivity index (χ1n) is 8.04. The second-order valence-corrected chi connectivity index (χ2v) is 5.37. The normalized spacial score (nSPS) is 11.4. The maximum atomic E-state index is 12.3. The SMILES string of the molecule is CCOc1cc(CNCCc2ccccn2)ccc1OCC(F)(F)F. The molecule has 1 aromatic heterocycles. The summed E-state index contributed by atoms with van der Waals surface area (Å²) in [7, 11) is 0. The van der Waals surface area contributed by atoms with E-state index in [1.807, 2.05) is 18.2 Å². The summed E-state index contributed by atoms with van der Waals surface area (Å²) in [6, 6.07) is 10.7. The predicted octanol–water partition coefficient (Wildman–Crippen LogP) is 3.75. The Kier molecular flexibility index (Phi) is 7.06. The molecule has 0 amide bonds. The molecule has 1 aromatic carbocycles. The van der Waals surface area contributed by atoms with Gasteiger partial charge in [-0.3, -0.25) is 4.98 Å². The summed E-state index contributed by atoms with van der Waals surface area (Å²) >= 11 is 0. The maximum absolute atomic E-state index is 12.3. The van der Waals surface area contributed by atoms with E-state index < -0.39 is 12.8 Å². The van der Waals surface area contributed by atoms with Crippen molar-refractivity contribution in [3.05, 3.63) is 53.9 Å². The van der Waals surface area contributed by atoms with Gasteiger partial charge in [0.25, 0.3) is 0 Å². The van der Waals surface area contributed by atoms with Crippen molar-refractivity contribution in [2.75, 3.05) is 19.8 Å². The van der Waals surface area contributed by atoms with Gasteiger partial charge in [-0.2, -0.15) is 13.2 Å². The number of hydrogen-bond donors (Lipinski definition) is 1. The fraction of sp³-hybridized carbons (Fsp3) is 0.389. The third-order valence-electron chi connectivity index (χ3n) is 3.31. The maximum Gasteiger partial charge on any atom is 0.422 e. The average Bonchev–Trinajstić information content (AvgIpc) is 2.58. The van der Waals surface area contributed by atoms with Crippen LogP contribution in [-0.4, -0.2) is 30.9 Å². The Morgan fingerprint density at radius 2 is 1.92 bits per heavy atom. The number of pyridine rings is 1. The van der Waals surface area contributed by atoms with Gasteiger partial charge in [-0.1, -0.05) is 12.1 Å². The number of halogens is 3. The van der Waals surface area contributed by atoms with Crippen LogP contribution in [0.3, 0.4) is 0 Å². The smallest absolute Gasteiger partial charge is 0.422 e. The van der Waals surface area contributed by atoms with Crippen molar-refractivity contribution in [1.29, 1.82) is 0 Å². The van der Waals surface area contributed by atoms with Crippen LogP contribution in [-0.2, 0) is 13.0 Å². The molecule has 1 N–H and O–H groups in total. The summed E-state index contributed by atoms with van der Waals surface area (Å²) in [6.07, 6.45) is -1.83. The molecule has 0 aliphatic carbocycles. The number of rotatable bonds is 9. The van der Waals surface area contributed by atoms with E-state index in [0.29, 0.717) is 18.9 Å². The van der Waals surface area contributed by atoms with Gasteiger partial charge in [0.15, 0.2) is 18.1 Å². The van der Waals surface area contributed by atoms with Crippen molar-refractivity contribution in [2.24, 2.45) is 0 Å². The topological polar surface area (TPSA) is 43.4 Å². The van der Waals surface area contributed by atoms with Gasteiger partial charge in [0.2, 0.25) is 0 Å². The zero-order valence-electron chi connectivity index (χ0n) is 14.0. The molecule has 0 unspecified atom stereocenters. The summed E-state index contributed by atoms with van der Waals surface area (Å²) in [6.45, 7) is 2.10. The summed E-state index contributed by atoms with van der Waals surface area (Å²) in [5.74, 6) is 0.409. The van der Waals surface area contributed by atoms with E-state index >= 15 is 0 Å². The lowest BCUT2D eigenvalue weighted by molar-refractivity contribution is -0.153. The Labute approximate surface area is 145 Å². The van der Waals surface area contributed by atoms with Gasteiger partial charge in [0.05, 0.1) is 6.61 Å². The molecule has 2 rings (SSSR count). The van der Waals surface area contributed by atoms with Gasteiger partial charge in [-0.25, -0.2) is 0 Å². The lowest BCUT2D eigenvalue weighted by Crippen LogP contribution is -2.20. The Morgan fingerprint density at radius 1 is 1.08 bits per heavy atom. The molecule has 0 fully saturated rings. The average molecular weight is 354 g/mol. The molecule has 0 saturated carbocycles. The van der Waals surface area contributed by atoms with Crippen LogP contribution in [0.2, 0.25) is 0 Å². The number of nitrogens with zero attached hydrogens (tertiary/aromatic N) is 1. The minimum atomic E-state index is -4.38. The van der Waals surface area contributed by atoms with Crippen LogP contribution in [0.1, 0.15) is 18.2 Å².